The SMILES string of the molecule is CCCCOc1ccc(C2/C(=C(\O)c3cccc(OCC)c3)C(=O)C(=O)N2CCN(CC)CC)cc1OC. The van der Waals surface area contributed by atoms with Crippen LogP contribution < -0.4 is 14.2 Å². The number of methoxy groups -OCH3 is 1. The van der Waals surface area contributed by atoms with E-state index in [-0.39, 0.29) is 11.3 Å². The van der Waals surface area contributed by atoms with Gasteiger partial charge in [-0.1, -0.05) is 45.4 Å². The van der Waals surface area contributed by atoms with Gasteiger partial charge in [0.2, 0.25) is 0 Å². The van der Waals surface area contributed by atoms with Crippen LogP contribution in [0.25, 0.3) is 5.76 Å². The van der Waals surface area contributed by atoms with E-state index in [2.05, 4.69) is 25.7 Å². The standard InChI is InChI=1S/C30H40N2O6/c1-6-10-18-38-24-15-14-21(20-25(24)36-5)27-26(28(33)22-12-11-13-23(19-22)37-9-4)29(34)30(35)32(27)17-16-31(7-2)8-3/h11-15,19-20,27,33H,6-10,16-18H2,1-5H3/b28-26+. The second-order valence-electron chi connectivity index (χ2n) is 9.09. The Balaban J connectivity index is 2.11. The number of hydrogen-bond acceptors (Lipinski definition) is 7. The van der Waals surface area contributed by atoms with Crippen LogP contribution in [-0.4, -0.2) is 73.1 Å². The normalized spacial score (nSPS) is 16.8. The highest BCUT2D eigenvalue weighted by molar-refractivity contribution is 6.46. The van der Waals surface area contributed by atoms with Gasteiger partial charge in [-0.3, -0.25) is 9.59 Å². The number of unbranched alkanes of at least 4 members (excludes halogenated alkanes) is 1. The topological polar surface area (TPSA) is 88.5 Å². The molecule has 1 fully saturated rings. The third-order valence-electron chi connectivity index (χ3n) is 6.77. The van der Waals surface area contributed by atoms with E-state index >= 15 is 0 Å². The van der Waals surface area contributed by atoms with Crippen LogP contribution in [-0.2, 0) is 9.59 Å². The Hall–Kier alpha value is -3.52. The summed E-state index contributed by atoms with van der Waals surface area (Å²) < 4.78 is 17.1. The molecular weight excluding hydrogens is 484 g/mol. The van der Waals surface area contributed by atoms with E-state index in [0.29, 0.717) is 54.7 Å². The predicted molar refractivity (Wildman–Crippen MR) is 148 cm³/mol. The molecule has 8 heteroatoms. The number of ketones is 1. The van der Waals surface area contributed by atoms with Crippen molar-refractivity contribution in [3.05, 3.63) is 59.2 Å². The van der Waals surface area contributed by atoms with E-state index in [0.717, 1.165) is 25.9 Å². The summed E-state index contributed by atoms with van der Waals surface area (Å²) in [5.74, 6) is 0.0880. The second-order valence-corrected chi connectivity index (χ2v) is 9.09. The fourth-order valence-electron chi connectivity index (χ4n) is 4.60. The minimum Gasteiger partial charge on any atom is -0.507 e. The molecule has 0 aromatic heterocycles. The molecule has 2 aromatic rings. The third kappa shape index (κ3) is 6.48. The molecule has 0 radical (unpaired) electrons. The summed E-state index contributed by atoms with van der Waals surface area (Å²) in [4.78, 5) is 30.5. The molecule has 206 valence electrons. The van der Waals surface area contributed by atoms with Gasteiger partial charge in [-0.25, -0.2) is 0 Å². The van der Waals surface area contributed by atoms with Gasteiger partial charge < -0.3 is 29.1 Å². The number of ether oxygens (including phenoxy) is 3. The third-order valence-corrected chi connectivity index (χ3v) is 6.77. The highest BCUT2D eigenvalue weighted by Gasteiger charge is 2.46. The number of aliphatic hydroxyl groups is 1. The lowest BCUT2D eigenvalue weighted by molar-refractivity contribution is -0.140. The zero-order valence-electron chi connectivity index (χ0n) is 23.2. The number of amides is 1. The van der Waals surface area contributed by atoms with Crippen molar-refractivity contribution in [3.63, 3.8) is 0 Å². The minimum absolute atomic E-state index is 0.0462. The molecule has 3 rings (SSSR count). The van der Waals surface area contributed by atoms with Gasteiger partial charge in [0, 0.05) is 18.7 Å². The second kappa shape index (κ2) is 13.9. The molecule has 1 saturated heterocycles. The number of benzene rings is 2. The maximum Gasteiger partial charge on any atom is 0.295 e. The first-order valence-corrected chi connectivity index (χ1v) is 13.4. The average Bonchev–Trinajstić information content (AvgIpc) is 3.19. The Labute approximate surface area is 225 Å². The summed E-state index contributed by atoms with van der Waals surface area (Å²) in [6.45, 7) is 11.7. The highest BCUT2D eigenvalue weighted by atomic mass is 16.5. The van der Waals surface area contributed by atoms with E-state index in [1.807, 2.05) is 13.0 Å². The number of nitrogens with zero attached hydrogens (tertiary/aromatic N) is 2. The van der Waals surface area contributed by atoms with E-state index < -0.39 is 17.7 Å². The molecule has 1 unspecified atom stereocenters. The number of rotatable bonds is 14. The van der Waals surface area contributed by atoms with Crippen molar-refractivity contribution in [1.82, 2.24) is 9.80 Å². The molecule has 1 aliphatic rings. The smallest absolute Gasteiger partial charge is 0.295 e. The molecule has 0 bridgehead atoms. The summed E-state index contributed by atoms with van der Waals surface area (Å²) in [6.07, 6.45) is 1.92. The molecule has 0 aliphatic carbocycles. The summed E-state index contributed by atoms with van der Waals surface area (Å²) >= 11 is 0. The van der Waals surface area contributed by atoms with Gasteiger partial charge in [0.1, 0.15) is 11.5 Å². The zero-order chi connectivity index (χ0) is 27.7. The van der Waals surface area contributed by atoms with Gasteiger partial charge in [-0.05, 0) is 56.3 Å². The molecule has 1 atom stereocenters. The lowest BCUT2D eigenvalue weighted by atomic mass is 9.95. The Bertz CT molecular complexity index is 1140. The minimum atomic E-state index is -0.778. The van der Waals surface area contributed by atoms with Crippen molar-refractivity contribution >= 4 is 17.4 Å². The molecular formula is C30H40N2O6. The van der Waals surface area contributed by atoms with Crippen LogP contribution in [0.4, 0.5) is 0 Å². The van der Waals surface area contributed by atoms with Crippen LogP contribution >= 0.6 is 0 Å². The van der Waals surface area contributed by atoms with Crippen molar-refractivity contribution in [2.24, 2.45) is 0 Å². The number of aliphatic hydroxyl groups excluding tert-OH is 1. The Morgan fingerprint density at radius 2 is 1.76 bits per heavy atom. The number of hydrogen-bond donors (Lipinski definition) is 1. The maximum atomic E-state index is 13.4. The monoisotopic (exact) mass is 524 g/mol. The van der Waals surface area contributed by atoms with Gasteiger partial charge in [-0.2, -0.15) is 0 Å². The van der Waals surface area contributed by atoms with Crippen LogP contribution in [0.15, 0.2) is 48.0 Å². The summed E-state index contributed by atoms with van der Waals surface area (Å²) in [5, 5.41) is 11.4. The van der Waals surface area contributed by atoms with E-state index in [4.69, 9.17) is 14.2 Å². The number of likely N-dealkylation sites (tertiary alicyclic amines) is 1. The summed E-state index contributed by atoms with van der Waals surface area (Å²) in [7, 11) is 1.56. The zero-order valence-corrected chi connectivity index (χ0v) is 23.2. The van der Waals surface area contributed by atoms with E-state index in [1.165, 1.54) is 0 Å². The van der Waals surface area contributed by atoms with Gasteiger partial charge in [0.25, 0.3) is 11.7 Å². The number of likely N-dealkylation sites (N-methyl/N-ethyl adjacent to an activating group) is 1. The summed E-state index contributed by atoms with van der Waals surface area (Å²) in [5.41, 5.74) is 1.12. The fraction of sp³-hybridized carbons (Fsp3) is 0.467. The van der Waals surface area contributed by atoms with Crippen molar-refractivity contribution in [3.8, 4) is 17.2 Å². The van der Waals surface area contributed by atoms with Gasteiger partial charge in [0.15, 0.2) is 11.5 Å². The fourth-order valence-corrected chi connectivity index (χ4v) is 4.60. The molecule has 1 N–H and O–H groups in total. The van der Waals surface area contributed by atoms with Crippen LogP contribution in [0.1, 0.15) is 57.7 Å². The molecule has 1 amide bonds. The quantitative estimate of drug-likeness (QED) is 0.160. The van der Waals surface area contributed by atoms with Gasteiger partial charge in [-0.15, -0.1) is 0 Å². The molecule has 1 aliphatic heterocycles. The number of carbonyl (C=O) groups excluding carboxylic acids is 2. The molecule has 8 nitrogen and oxygen atoms in total. The Morgan fingerprint density at radius 3 is 2.42 bits per heavy atom. The van der Waals surface area contributed by atoms with Crippen molar-refractivity contribution in [2.75, 3.05) is 46.5 Å². The maximum absolute atomic E-state index is 13.4. The van der Waals surface area contributed by atoms with E-state index in [1.54, 1.807) is 48.4 Å². The lowest BCUT2D eigenvalue weighted by Crippen LogP contribution is -2.38. The first-order chi connectivity index (χ1) is 18.4. The number of carbonyl (C=O) groups is 2. The van der Waals surface area contributed by atoms with Crippen LogP contribution in [0.5, 0.6) is 17.2 Å². The van der Waals surface area contributed by atoms with Crippen molar-refractivity contribution in [2.45, 2.75) is 46.6 Å². The largest absolute Gasteiger partial charge is 0.507 e. The first-order valence-electron chi connectivity index (χ1n) is 13.4. The molecule has 0 saturated carbocycles. The predicted octanol–water partition coefficient (Wildman–Crippen LogP) is 5.04. The van der Waals surface area contributed by atoms with Crippen LogP contribution in [0.3, 0.4) is 0 Å². The van der Waals surface area contributed by atoms with Crippen LogP contribution in [0, 0.1) is 0 Å². The molecule has 0 spiro atoms. The Kier molecular flexibility index (Phi) is 10.6. The highest BCUT2D eigenvalue weighted by Crippen LogP contribution is 2.42. The average molecular weight is 525 g/mol. The summed E-state index contributed by atoms with van der Waals surface area (Å²) in [6, 6.07) is 11.5. The molecule has 38 heavy (non-hydrogen) atoms. The van der Waals surface area contributed by atoms with Crippen molar-refractivity contribution < 1.29 is 28.9 Å². The lowest BCUT2D eigenvalue weighted by Gasteiger charge is -2.28. The van der Waals surface area contributed by atoms with Gasteiger partial charge in [0.05, 0.1) is 31.9 Å². The Morgan fingerprint density at radius 1 is 1.00 bits per heavy atom. The van der Waals surface area contributed by atoms with Crippen molar-refractivity contribution in [1.29, 1.82) is 0 Å². The molecule has 2 aromatic carbocycles. The number of Topliss-reactive ketones (excluding diaryl/α,β-unsaturated/α-hetero) is 1. The first kappa shape index (κ1) is 29.0. The van der Waals surface area contributed by atoms with Crippen LogP contribution in [0.2, 0.25) is 0 Å². The molecule has 1 heterocycles. The van der Waals surface area contributed by atoms with E-state index in [9.17, 15) is 14.7 Å². The van der Waals surface area contributed by atoms with Gasteiger partial charge >= 0.3 is 0 Å².